The molecule has 106 valence electrons. The van der Waals surface area contributed by atoms with E-state index in [2.05, 4.69) is 34.4 Å². The summed E-state index contributed by atoms with van der Waals surface area (Å²) in [6, 6.07) is 9.60. The van der Waals surface area contributed by atoms with Crippen LogP contribution >= 0.6 is 0 Å². The maximum atomic E-state index is 5.13. The summed E-state index contributed by atoms with van der Waals surface area (Å²) in [7, 11) is 1.65. The van der Waals surface area contributed by atoms with Crippen LogP contribution in [0.5, 0.6) is 5.75 Å². The van der Waals surface area contributed by atoms with E-state index >= 15 is 0 Å². The lowest BCUT2D eigenvalue weighted by Crippen LogP contribution is -2.09. The Morgan fingerprint density at radius 2 is 1.80 bits per heavy atom. The van der Waals surface area contributed by atoms with Gasteiger partial charge in [0.15, 0.2) is 0 Å². The number of benzene rings is 1. The van der Waals surface area contributed by atoms with Crippen molar-refractivity contribution >= 4 is 17.3 Å². The Morgan fingerprint density at radius 3 is 2.45 bits per heavy atom. The number of nitrogens with zero attached hydrogens (tertiary/aromatic N) is 2. The van der Waals surface area contributed by atoms with Gasteiger partial charge in [0.1, 0.15) is 23.7 Å². The van der Waals surface area contributed by atoms with Gasteiger partial charge in [-0.3, -0.25) is 0 Å². The van der Waals surface area contributed by atoms with Gasteiger partial charge in [0.05, 0.1) is 7.11 Å². The Balaban J connectivity index is 2.02. The molecule has 0 saturated carbocycles. The van der Waals surface area contributed by atoms with E-state index < -0.39 is 0 Å². The summed E-state index contributed by atoms with van der Waals surface area (Å²) < 4.78 is 5.13. The second-order valence-electron chi connectivity index (χ2n) is 4.92. The minimum absolute atomic E-state index is 0.572. The van der Waals surface area contributed by atoms with Crippen molar-refractivity contribution in [1.29, 1.82) is 0 Å². The minimum Gasteiger partial charge on any atom is -0.497 e. The molecule has 0 aliphatic carbocycles. The van der Waals surface area contributed by atoms with Crippen LogP contribution < -0.4 is 15.4 Å². The summed E-state index contributed by atoms with van der Waals surface area (Å²) in [4.78, 5) is 8.41. The summed E-state index contributed by atoms with van der Waals surface area (Å²) >= 11 is 0. The SMILES string of the molecule is COc1ccc(Nc2cc(NCC(C)C)ncn2)cc1. The highest BCUT2D eigenvalue weighted by atomic mass is 16.5. The molecule has 2 N–H and O–H groups in total. The zero-order valence-electron chi connectivity index (χ0n) is 12.1. The molecule has 5 heteroatoms. The summed E-state index contributed by atoms with van der Waals surface area (Å²) in [5.74, 6) is 2.99. The van der Waals surface area contributed by atoms with Gasteiger partial charge in [-0.1, -0.05) is 13.8 Å². The predicted octanol–water partition coefficient (Wildman–Crippen LogP) is 3.30. The van der Waals surface area contributed by atoms with Crippen molar-refractivity contribution in [2.75, 3.05) is 24.3 Å². The quantitative estimate of drug-likeness (QED) is 0.845. The number of rotatable bonds is 6. The van der Waals surface area contributed by atoms with Crippen LogP contribution in [0.4, 0.5) is 17.3 Å². The van der Waals surface area contributed by atoms with Crippen LogP contribution in [0.2, 0.25) is 0 Å². The van der Waals surface area contributed by atoms with E-state index in [9.17, 15) is 0 Å². The van der Waals surface area contributed by atoms with E-state index in [0.29, 0.717) is 5.92 Å². The summed E-state index contributed by atoms with van der Waals surface area (Å²) in [6.07, 6.45) is 1.55. The third kappa shape index (κ3) is 4.12. The molecule has 1 aromatic heterocycles. The number of methoxy groups -OCH3 is 1. The van der Waals surface area contributed by atoms with Crippen LogP contribution in [0.25, 0.3) is 0 Å². The largest absolute Gasteiger partial charge is 0.497 e. The Bertz CT molecular complexity index is 540. The van der Waals surface area contributed by atoms with Crippen LogP contribution in [-0.2, 0) is 0 Å². The summed E-state index contributed by atoms with van der Waals surface area (Å²) in [5, 5.41) is 6.51. The molecule has 0 bridgehead atoms. The molecule has 2 rings (SSSR count). The molecular weight excluding hydrogens is 252 g/mol. The molecule has 1 aromatic carbocycles. The number of hydrogen-bond donors (Lipinski definition) is 2. The van der Waals surface area contributed by atoms with Crippen molar-refractivity contribution in [2.45, 2.75) is 13.8 Å². The molecule has 0 saturated heterocycles. The average molecular weight is 272 g/mol. The first-order chi connectivity index (χ1) is 9.67. The lowest BCUT2D eigenvalue weighted by atomic mass is 10.2. The highest BCUT2D eigenvalue weighted by Crippen LogP contribution is 2.19. The van der Waals surface area contributed by atoms with Crippen molar-refractivity contribution in [1.82, 2.24) is 9.97 Å². The normalized spacial score (nSPS) is 10.4. The van der Waals surface area contributed by atoms with Gasteiger partial charge in [-0.25, -0.2) is 9.97 Å². The summed E-state index contributed by atoms with van der Waals surface area (Å²) in [5.41, 5.74) is 0.958. The molecule has 0 amide bonds. The van der Waals surface area contributed by atoms with E-state index in [4.69, 9.17) is 4.74 Å². The van der Waals surface area contributed by atoms with Crippen molar-refractivity contribution < 1.29 is 4.74 Å². The zero-order chi connectivity index (χ0) is 14.4. The number of nitrogens with one attached hydrogen (secondary N) is 2. The molecule has 0 fully saturated rings. The van der Waals surface area contributed by atoms with E-state index in [0.717, 1.165) is 29.6 Å². The highest BCUT2D eigenvalue weighted by Gasteiger charge is 2.01. The number of anilines is 3. The molecule has 0 aliphatic rings. The van der Waals surface area contributed by atoms with Gasteiger partial charge >= 0.3 is 0 Å². The van der Waals surface area contributed by atoms with Gasteiger partial charge in [0.25, 0.3) is 0 Å². The second-order valence-corrected chi connectivity index (χ2v) is 4.92. The smallest absolute Gasteiger partial charge is 0.135 e. The monoisotopic (exact) mass is 272 g/mol. The predicted molar refractivity (Wildman–Crippen MR) is 81.6 cm³/mol. The molecule has 0 spiro atoms. The van der Waals surface area contributed by atoms with Gasteiger partial charge in [0.2, 0.25) is 0 Å². The zero-order valence-corrected chi connectivity index (χ0v) is 12.1. The Labute approximate surface area is 119 Å². The molecule has 0 aliphatic heterocycles. The third-order valence-corrected chi connectivity index (χ3v) is 2.72. The highest BCUT2D eigenvalue weighted by molar-refractivity contribution is 5.59. The standard InChI is InChI=1S/C15H20N4O/c1-11(2)9-16-14-8-15(18-10-17-14)19-12-4-6-13(20-3)7-5-12/h4-8,10-11H,9H2,1-3H3,(H2,16,17,18,19). The fourth-order valence-corrected chi connectivity index (χ4v) is 1.65. The van der Waals surface area contributed by atoms with Crippen LogP contribution in [0.15, 0.2) is 36.7 Å². The second kappa shape index (κ2) is 6.75. The maximum absolute atomic E-state index is 5.13. The van der Waals surface area contributed by atoms with Gasteiger partial charge in [-0.05, 0) is 30.2 Å². The molecule has 2 aromatic rings. The van der Waals surface area contributed by atoms with E-state index in [-0.39, 0.29) is 0 Å². The number of aromatic nitrogens is 2. The Hall–Kier alpha value is -2.30. The van der Waals surface area contributed by atoms with E-state index in [1.807, 2.05) is 30.3 Å². The minimum atomic E-state index is 0.572. The van der Waals surface area contributed by atoms with Crippen molar-refractivity contribution in [3.8, 4) is 5.75 Å². The van der Waals surface area contributed by atoms with Crippen molar-refractivity contribution in [3.05, 3.63) is 36.7 Å². The fraction of sp³-hybridized carbons (Fsp3) is 0.333. The molecule has 0 unspecified atom stereocenters. The first-order valence-corrected chi connectivity index (χ1v) is 6.64. The number of hydrogen-bond acceptors (Lipinski definition) is 5. The first kappa shape index (κ1) is 14.1. The third-order valence-electron chi connectivity index (χ3n) is 2.72. The van der Waals surface area contributed by atoms with Crippen LogP contribution in [-0.4, -0.2) is 23.6 Å². The molecule has 5 nitrogen and oxygen atoms in total. The van der Waals surface area contributed by atoms with Crippen molar-refractivity contribution in [2.24, 2.45) is 5.92 Å². The first-order valence-electron chi connectivity index (χ1n) is 6.64. The molecule has 0 radical (unpaired) electrons. The number of ether oxygens (including phenoxy) is 1. The molecule has 1 heterocycles. The van der Waals surface area contributed by atoms with Gasteiger partial charge in [0, 0.05) is 18.3 Å². The lowest BCUT2D eigenvalue weighted by molar-refractivity contribution is 0.415. The van der Waals surface area contributed by atoms with E-state index in [1.54, 1.807) is 13.4 Å². The van der Waals surface area contributed by atoms with Crippen LogP contribution in [0, 0.1) is 5.92 Å². The lowest BCUT2D eigenvalue weighted by Gasteiger charge is -2.10. The average Bonchev–Trinajstić information content (AvgIpc) is 2.46. The van der Waals surface area contributed by atoms with Crippen molar-refractivity contribution in [3.63, 3.8) is 0 Å². The summed E-state index contributed by atoms with van der Waals surface area (Å²) in [6.45, 7) is 5.20. The molecule has 0 atom stereocenters. The van der Waals surface area contributed by atoms with Gasteiger partial charge in [-0.15, -0.1) is 0 Å². The van der Waals surface area contributed by atoms with Gasteiger partial charge < -0.3 is 15.4 Å². The van der Waals surface area contributed by atoms with E-state index in [1.165, 1.54) is 0 Å². The van der Waals surface area contributed by atoms with Crippen LogP contribution in [0.1, 0.15) is 13.8 Å². The topological polar surface area (TPSA) is 59.1 Å². The molecular formula is C15H20N4O. The maximum Gasteiger partial charge on any atom is 0.135 e. The fourth-order valence-electron chi connectivity index (χ4n) is 1.65. The van der Waals surface area contributed by atoms with Gasteiger partial charge in [-0.2, -0.15) is 0 Å². The Morgan fingerprint density at radius 1 is 1.10 bits per heavy atom. The molecule has 20 heavy (non-hydrogen) atoms. The Kier molecular flexibility index (Phi) is 4.76. The van der Waals surface area contributed by atoms with Crippen LogP contribution in [0.3, 0.4) is 0 Å².